The van der Waals surface area contributed by atoms with Crippen molar-refractivity contribution in [1.29, 1.82) is 0 Å². The van der Waals surface area contributed by atoms with E-state index in [0.717, 1.165) is 17.5 Å². The average Bonchev–Trinajstić information content (AvgIpc) is 3.03. The number of hydrogen-bond donors (Lipinski definition) is 2. The first-order chi connectivity index (χ1) is 13.4. The Balaban J connectivity index is 1.66. The third-order valence-electron chi connectivity index (χ3n) is 6.05. The summed E-state index contributed by atoms with van der Waals surface area (Å²) in [5.74, 6) is 0.360. The molecule has 1 saturated carbocycles. The Hall–Kier alpha value is -2.31. The fourth-order valence-corrected chi connectivity index (χ4v) is 5.01. The lowest BCUT2D eigenvalue weighted by Crippen LogP contribution is -2.51. The van der Waals surface area contributed by atoms with Crippen LogP contribution in [0, 0.1) is 11.7 Å². The van der Waals surface area contributed by atoms with E-state index >= 15 is 0 Å². The minimum atomic E-state index is -0.657. The molecule has 5 nitrogen and oxygen atoms in total. The molecule has 7 heteroatoms. The molecule has 2 aromatic rings. The molecule has 2 heterocycles. The van der Waals surface area contributed by atoms with Gasteiger partial charge < -0.3 is 20.3 Å². The summed E-state index contributed by atoms with van der Waals surface area (Å²) in [5, 5.41) is 10.4. The summed E-state index contributed by atoms with van der Waals surface area (Å²) in [6, 6.07) is 10.3. The van der Waals surface area contributed by atoms with Gasteiger partial charge in [0, 0.05) is 22.9 Å². The molecule has 1 aliphatic carbocycles. The molecule has 1 spiro atoms. The van der Waals surface area contributed by atoms with Gasteiger partial charge >= 0.3 is 0 Å². The van der Waals surface area contributed by atoms with Crippen LogP contribution >= 0.6 is 11.6 Å². The molecule has 0 amide bonds. The van der Waals surface area contributed by atoms with Crippen LogP contribution in [0.2, 0.25) is 5.02 Å². The van der Waals surface area contributed by atoms with E-state index in [1.54, 1.807) is 6.07 Å². The first-order valence-electron chi connectivity index (χ1n) is 9.38. The number of rotatable bonds is 1. The van der Waals surface area contributed by atoms with Crippen LogP contribution in [0.3, 0.4) is 0 Å². The van der Waals surface area contributed by atoms with Crippen LogP contribution in [0.15, 0.2) is 41.4 Å². The molecule has 4 atom stereocenters. The summed E-state index contributed by atoms with van der Waals surface area (Å²) in [6.07, 6.45) is 1.49. The van der Waals surface area contributed by atoms with E-state index in [4.69, 9.17) is 31.8 Å². The Labute approximate surface area is 166 Å². The Kier molecular flexibility index (Phi) is 4.03. The van der Waals surface area contributed by atoms with Crippen molar-refractivity contribution in [3.8, 4) is 16.9 Å². The van der Waals surface area contributed by atoms with Crippen molar-refractivity contribution in [1.82, 2.24) is 0 Å². The van der Waals surface area contributed by atoms with Gasteiger partial charge in [0.1, 0.15) is 29.8 Å². The van der Waals surface area contributed by atoms with Gasteiger partial charge in [0.25, 0.3) is 6.02 Å². The van der Waals surface area contributed by atoms with Gasteiger partial charge in [-0.05, 0) is 54.3 Å². The Morgan fingerprint density at radius 3 is 2.79 bits per heavy atom. The maximum Gasteiger partial charge on any atom is 0.283 e. The lowest BCUT2D eigenvalue weighted by Gasteiger charge is -2.47. The van der Waals surface area contributed by atoms with Gasteiger partial charge in [0.2, 0.25) is 0 Å². The first-order valence-corrected chi connectivity index (χ1v) is 9.76. The largest absolute Gasteiger partial charge is 0.490 e. The predicted octanol–water partition coefficient (Wildman–Crippen LogP) is 3.61. The minimum absolute atomic E-state index is 0.0517. The monoisotopic (exact) mass is 402 g/mol. The highest BCUT2D eigenvalue weighted by molar-refractivity contribution is 6.30. The highest BCUT2D eigenvalue weighted by atomic mass is 35.5. The molecular formula is C21H20ClFN2O3. The highest BCUT2D eigenvalue weighted by Gasteiger charge is 2.55. The molecule has 28 heavy (non-hydrogen) atoms. The van der Waals surface area contributed by atoms with E-state index in [0.29, 0.717) is 35.8 Å². The number of nitrogens with two attached hydrogens (primary N) is 1. The number of halogens is 2. The van der Waals surface area contributed by atoms with Gasteiger partial charge in [0.05, 0.1) is 6.10 Å². The van der Waals surface area contributed by atoms with E-state index in [2.05, 4.69) is 0 Å². The molecule has 0 saturated heterocycles. The average molecular weight is 403 g/mol. The molecule has 0 radical (unpaired) electrons. The van der Waals surface area contributed by atoms with Crippen molar-refractivity contribution in [2.45, 2.75) is 37.0 Å². The van der Waals surface area contributed by atoms with E-state index in [1.807, 2.05) is 18.2 Å². The predicted molar refractivity (Wildman–Crippen MR) is 104 cm³/mol. The maximum atomic E-state index is 13.9. The SMILES string of the molecule is NC1=NC2(CO1)c1cc(-c3cc(F)cc(Cl)c3)ccc1OC1CC(O)CCC12. The quantitative estimate of drug-likeness (QED) is 0.764. The Morgan fingerprint density at radius 1 is 1.18 bits per heavy atom. The number of amidine groups is 1. The van der Waals surface area contributed by atoms with Gasteiger partial charge in [0.15, 0.2) is 0 Å². The summed E-state index contributed by atoms with van der Waals surface area (Å²) in [5.41, 5.74) is 7.63. The second-order valence-electron chi connectivity index (χ2n) is 7.76. The van der Waals surface area contributed by atoms with Gasteiger partial charge in [-0.3, -0.25) is 0 Å². The summed E-state index contributed by atoms with van der Waals surface area (Å²) < 4.78 is 25.7. The van der Waals surface area contributed by atoms with E-state index in [9.17, 15) is 9.50 Å². The topological polar surface area (TPSA) is 77.1 Å². The second kappa shape index (κ2) is 6.36. The number of aliphatic hydroxyl groups is 1. The zero-order chi connectivity index (χ0) is 19.5. The third-order valence-corrected chi connectivity index (χ3v) is 6.27. The van der Waals surface area contributed by atoms with Crippen LogP contribution in [0.25, 0.3) is 11.1 Å². The van der Waals surface area contributed by atoms with Crippen LogP contribution in [0.1, 0.15) is 24.8 Å². The first kappa shape index (κ1) is 17.8. The summed E-state index contributed by atoms with van der Waals surface area (Å²) in [7, 11) is 0. The van der Waals surface area contributed by atoms with Crippen molar-refractivity contribution >= 4 is 17.6 Å². The molecule has 146 valence electrons. The Bertz CT molecular complexity index is 962. The van der Waals surface area contributed by atoms with E-state index < -0.39 is 5.54 Å². The molecule has 4 unspecified atom stereocenters. The van der Waals surface area contributed by atoms with Crippen LogP contribution in [0.4, 0.5) is 4.39 Å². The molecular weight excluding hydrogens is 383 g/mol. The molecule has 2 aromatic carbocycles. The van der Waals surface area contributed by atoms with Crippen molar-refractivity contribution in [3.05, 3.63) is 52.8 Å². The lowest BCUT2D eigenvalue weighted by molar-refractivity contribution is -0.0360. The summed E-state index contributed by atoms with van der Waals surface area (Å²) in [6.45, 7) is 0.333. The maximum absolute atomic E-state index is 13.9. The number of fused-ring (bicyclic) bond motifs is 4. The number of nitrogens with zero attached hydrogens (tertiary/aromatic N) is 1. The molecule has 0 aromatic heterocycles. The van der Waals surface area contributed by atoms with Crippen molar-refractivity contribution < 1.29 is 19.0 Å². The molecule has 0 bridgehead atoms. The molecule has 5 rings (SSSR count). The van der Waals surface area contributed by atoms with Gasteiger partial charge in [-0.15, -0.1) is 0 Å². The fraction of sp³-hybridized carbons (Fsp3) is 0.381. The summed E-state index contributed by atoms with van der Waals surface area (Å²) >= 11 is 6.04. The van der Waals surface area contributed by atoms with Crippen LogP contribution in [-0.4, -0.2) is 29.9 Å². The van der Waals surface area contributed by atoms with Gasteiger partial charge in [-0.2, -0.15) is 0 Å². The van der Waals surface area contributed by atoms with Crippen molar-refractivity contribution in [3.63, 3.8) is 0 Å². The highest BCUT2D eigenvalue weighted by Crippen LogP contribution is 2.53. The molecule has 1 fully saturated rings. The number of benzene rings is 2. The van der Waals surface area contributed by atoms with Crippen LogP contribution < -0.4 is 10.5 Å². The minimum Gasteiger partial charge on any atom is -0.490 e. The second-order valence-corrected chi connectivity index (χ2v) is 8.20. The number of aliphatic hydroxyl groups excluding tert-OH is 1. The Morgan fingerprint density at radius 2 is 2.04 bits per heavy atom. The zero-order valence-corrected chi connectivity index (χ0v) is 15.8. The standard InChI is InChI=1S/C21H20ClFN2O3/c22-13-5-12(6-14(23)8-13)11-1-4-18-17(7-11)21(10-27-20(24)25-21)16-3-2-15(26)9-19(16)28-18/h1,4-8,15-16,19,26H,2-3,9-10H2,(H2,24,25). The number of aliphatic imine (C=N–C) groups is 1. The van der Waals surface area contributed by atoms with Gasteiger partial charge in [-0.1, -0.05) is 17.7 Å². The lowest BCUT2D eigenvalue weighted by atomic mass is 9.67. The van der Waals surface area contributed by atoms with Crippen molar-refractivity contribution in [2.75, 3.05) is 6.61 Å². The van der Waals surface area contributed by atoms with Crippen molar-refractivity contribution in [2.24, 2.45) is 16.6 Å². The van der Waals surface area contributed by atoms with Crippen LogP contribution in [-0.2, 0) is 10.3 Å². The summed E-state index contributed by atoms with van der Waals surface area (Å²) in [4.78, 5) is 4.71. The van der Waals surface area contributed by atoms with Gasteiger partial charge in [-0.25, -0.2) is 9.38 Å². The fourth-order valence-electron chi connectivity index (χ4n) is 4.79. The zero-order valence-electron chi connectivity index (χ0n) is 15.1. The normalized spacial score (nSPS) is 30.8. The number of hydrogen-bond acceptors (Lipinski definition) is 5. The van der Waals surface area contributed by atoms with E-state index in [-0.39, 0.29) is 30.0 Å². The smallest absolute Gasteiger partial charge is 0.283 e. The molecule has 2 aliphatic heterocycles. The molecule has 3 N–H and O–H groups in total. The van der Waals surface area contributed by atoms with Crippen LogP contribution in [0.5, 0.6) is 5.75 Å². The third kappa shape index (κ3) is 2.74. The van der Waals surface area contributed by atoms with E-state index in [1.165, 1.54) is 12.1 Å². The molecule has 3 aliphatic rings. The number of ether oxygens (including phenoxy) is 2.